The Labute approximate surface area is 154 Å². The molecule has 0 spiro atoms. The van der Waals surface area contributed by atoms with E-state index >= 15 is 0 Å². The van der Waals surface area contributed by atoms with Gasteiger partial charge >= 0.3 is 0 Å². The highest BCUT2D eigenvalue weighted by Crippen LogP contribution is 2.48. The molecule has 1 aliphatic heterocycles. The zero-order valence-electron chi connectivity index (χ0n) is 14.5. The van der Waals surface area contributed by atoms with Crippen molar-refractivity contribution in [1.29, 1.82) is 0 Å². The largest absolute Gasteiger partial charge is 0.378 e. The summed E-state index contributed by atoms with van der Waals surface area (Å²) in [4.78, 5) is 0. The number of anilines is 1. The predicted octanol–water partition coefficient (Wildman–Crippen LogP) is 6.58. The van der Waals surface area contributed by atoms with E-state index in [-0.39, 0.29) is 6.04 Å². The monoisotopic (exact) mass is 347 g/mol. The third-order valence-corrected chi connectivity index (χ3v) is 5.54. The lowest BCUT2D eigenvalue weighted by Gasteiger charge is -2.40. The average Bonchev–Trinajstić information content (AvgIpc) is 2.63. The minimum atomic E-state index is 0.277. The van der Waals surface area contributed by atoms with Gasteiger partial charge in [-0.05, 0) is 47.7 Å². The summed E-state index contributed by atoms with van der Waals surface area (Å²) >= 11 is 6.32. The van der Waals surface area contributed by atoms with E-state index in [2.05, 4.69) is 85.9 Å². The molecule has 0 bridgehead atoms. The maximum absolute atomic E-state index is 6.32. The van der Waals surface area contributed by atoms with Gasteiger partial charge in [-0.3, -0.25) is 0 Å². The second-order valence-corrected chi connectivity index (χ2v) is 7.45. The Hall–Kier alpha value is -2.25. The molecule has 25 heavy (non-hydrogen) atoms. The van der Waals surface area contributed by atoms with E-state index < -0.39 is 0 Å². The van der Waals surface area contributed by atoms with Crippen molar-refractivity contribution in [2.75, 3.05) is 5.32 Å². The van der Waals surface area contributed by atoms with E-state index in [0.717, 1.165) is 5.02 Å². The van der Waals surface area contributed by atoms with Crippen LogP contribution >= 0.6 is 11.6 Å². The summed E-state index contributed by atoms with van der Waals surface area (Å²) in [5, 5.41) is 4.54. The van der Waals surface area contributed by atoms with Crippen molar-refractivity contribution in [2.24, 2.45) is 5.92 Å². The zero-order chi connectivity index (χ0) is 17.4. The second kappa shape index (κ2) is 6.57. The molecule has 0 aromatic heterocycles. The fourth-order valence-corrected chi connectivity index (χ4v) is 4.18. The Balaban J connectivity index is 1.84. The summed E-state index contributed by atoms with van der Waals surface area (Å²) in [6, 6.07) is 26.1. The van der Waals surface area contributed by atoms with Crippen LogP contribution in [0.25, 0.3) is 0 Å². The van der Waals surface area contributed by atoms with Crippen molar-refractivity contribution in [1.82, 2.24) is 0 Å². The van der Waals surface area contributed by atoms with Gasteiger partial charge in [0.1, 0.15) is 0 Å². The van der Waals surface area contributed by atoms with Gasteiger partial charge < -0.3 is 5.32 Å². The molecule has 1 heterocycles. The first-order valence-electron chi connectivity index (χ1n) is 8.81. The van der Waals surface area contributed by atoms with Crippen molar-refractivity contribution in [3.05, 3.63) is 100 Å². The molecule has 0 saturated carbocycles. The fraction of sp³-hybridized carbons (Fsp3) is 0.217. The molecule has 0 aliphatic carbocycles. The van der Waals surface area contributed by atoms with Crippen molar-refractivity contribution < 1.29 is 0 Å². The third-order valence-electron chi connectivity index (χ3n) is 5.31. The molecule has 1 N–H and O–H groups in total. The van der Waals surface area contributed by atoms with Crippen LogP contribution in [-0.2, 0) is 0 Å². The molecule has 2 heteroatoms. The summed E-state index contributed by atoms with van der Waals surface area (Å²) in [6.07, 6.45) is 0. The minimum absolute atomic E-state index is 0.277. The second-order valence-electron chi connectivity index (χ2n) is 7.01. The van der Waals surface area contributed by atoms with Crippen LogP contribution in [0.15, 0.2) is 72.8 Å². The Bertz CT molecular complexity index is 870. The van der Waals surface area contributed by atoms with E-state index in [1.165, 1.54) is 27.9 Å². The average molecular weight is 348 g/mol. The van der Waals surface area contributed by atoms with Crippen LogP contribution in [0.3, 0.4) is 0 Å². The Morgan fingerprint density at radius 1 is 0.840 bits per heavy atom. The Morgan fingerprint density at radius 3 is 2.28 bits per heavy atom. The normalized spacial score (nSPS) is 22.1. The molecule has 3 atom stereocenters. The molecule has 3 aromatic carbocycles. The number of hydrogen-bond donors (Lipinski definition) is 1. The first kappa shape index (κ1) is 16.2. The Kier molecular flexibility index (Phi) is 4.27. The highest BCUT2D eigenvalue weighted by Gasteiger charge is 2.35. The molecule has 126 valence electrons. The van der Waals surface area contributed by atoms with Crippen LogP contribution < -0.4 is 5.32 Å². The van der Waals surface area contributed by atoms with Gasteiger partial charge in [-0.1, -0.05) is 78.7 Å². The van der Waals surface area contributed by atoms with Gasteiger partial charge in [0.25, 0.3) is 0 Å². The van der Waals surface area contributed by atoms with Gasteiger partial charge in [-0.25, -0.2) is 0 Å². The van der Waals surface area contributed by atoms with Gasteiger partial charge in [0.05, 0.1) is 6.04 Å². The van der Waals surface area contributed by atoms with Crippen LogP contribution in [0.5, 0.6) is 0 Å². The third kappa shape index (κ3) is 3.05. The molecule has 3 aromatic rings. The molecule has 0 saturated heterocycles. The molecular formula is C23H22ClN. The van der Waals surface area contributed by atoms with Crippen molar-refractivity contribution in [3.63, 3.8) is 0 Å². The van der Waals surface area contributed by atoms with Crippen LogP contribution in [0.2, 0.25) is 5.02 Å². The fourth-order valence-electron chi connectivity index (χ4n) is 4.00. The van der Waals surface area contributed by atoms with Gasteiger partial charge in [-0.2, -0.15) is 0 Å². The van der Waals surface area contributed by atoms with Crippen molar-refractivity contribution >= 4 is 17.3 Å². The number of halogens is 1. The van der Waals surface area contributed by atoms with E-state index in [1.54, 1.807) is 0 Å². The van der Waals surface area contributed by atoms with E-state index in [9.17, 15) is 0 Å². The van der Waals surface area contributed by atoms with Crippen molar-refractivity contribution in [2.45, 2.75) is 25.8 Å². The highest BCUT2D eigenvalue weighted by atomic mass is 35.5. The number of nitrogens with one attached hydrogen (secondary N) is 1. The molecule has 0 fully saturated rings. The first-order valence-corrected chi connectivity index (χ1v) is 9.19. The number of aryl methyl sites for hydroxylation is 1. The molecule has 0 amide bonds. The maximum Gasteiger partial charge on any atom is 0.0548 e. The lowest BCUT2D eigenvalue weighted by Crippen LogP contribution is -2.30. The quantitative estimate of drug-likeness (QED) is 0.551. The summed E-state index contributed by atoms with van der Waals surface area (Å²) < 4.78 is 0. The van der Waals surface area contributed by atoms with Crippen LogP contribution in [-0.4, -0.2) is 0 Å². The first-order chi connectivity index (χ1) is 12.1. The standard InChI is InChI=1S/C23H22ClN/c1-15-8-10-18(11-9-15)23-16(2)22(17-6-4-3-5-7-17)20-14-19(24)12-13-21(20)25-23/h3-14,16,22-23,25H,1-2H3/t16-,22-,23+/m1/s1. The predicted molar refractivity (Wildman–Crippen MR) is 106 cm³/mol. The van der Waals surface area contributed by atoms with Crippen LogP contribution in [0.1, 0.15) is 41.1 Å². The SMILES string of the molecule is Cc1ccc([C@H]2Nc3ccc(Cl)cc3[C@@H](c3ccccc3)[C@H]2C)cc1. The number of fused-ring (bicyclic) bond motifs is 1. The molecule has 0 radical (unpaired) electrons. The smallest absolute Gasteiger partial charge is 0.0548 e. The molecule has 1 aliphatic rings. The van der Waals surface area contributed by atoms with Crippen molar-refractivity contribution in [3.8, 4) is 0 Å². The van der Waals surface area contributed by atoms with Gasteiger partial charge in [0, 0.05) is 16.6 Å². The van der Waals surface area contributed by atoms with Crippen LogP contribution in [0, 0.1) is 12.8 Å². The molecular weight excluding hydrogens is 326 g/mol. The van der Waals surface area contributed by atoms with Gasteiger partial charge in [0.2, 0.25) is 0 Å². The zero-order valence-corrected chi connectivity index (χ0v) is 15.3. The van der Waals surface area contributed by atoms with E-state index in [4.69, 9.17) is 11.6 Å². The summed E-state index contributed by atoms with van der Waals surface area (Å²) in [5.41, 5.74) is 6.44. The maximum atomic E-state index is 6.32. The number of benzene rings is 3. The van der Waals surface area contributed by atoms with Crippen LogP contribution in [0.4, 0.5) is 5.69 Å². The topological polar surface area (TPSA) is 12.0 Å². The molecule has 4 rings (SSSR count). The summed E-state index contributed by atoms with van der Waals surface area (Å²) in [5.74, 6) is 0.735. The Morgan fingerprint density at radius 2 is 1.56 bits per heavy atom. The lowest BCUT2D eigenvalue weighted by atomic mass is 9.73. The van der Waals surface area contributed by atoms with E-state index in [0.29, 0.717) is 11.8 Å². The number of rotatable bonds is 2. The van der Waals surface area contributed by atoms with Gasteiger partial charge in [0.15, 0.2) is 0 Å². The number of hydrogen-bond acceptors (Lipinski definition) is 1. The van der Waals surface area contributed by atoms with Gasteiger partial charge in [-0.15, -0.1) is 0 Å². The molecule has 0 unspecified atom stereocenters. The lowest BCUT2D eigenvalue weighted by molar-refractivity contribution is 0.428. The molecule has 1 nitrogen and oxygen atoms in total. The highest BCUT2D eigenvalue weighted by molar-refractivity contribution is 6.30. The summed E-state index contributed by atoms with van der Waals surface area (Å²) in [7, 11) is 0. The summed E-state index contributed by atoms with van der Waals surface area (Å²) in [6.45, 7) is 4.46. The minimum Gasteiger partial charge on any atom is -0.378 e. The van der Waals surface area contributed by atoms with E-state index in [1.807, 2.05) is 6.07 Å².